The Morgan fingerprint density at radius 2 is 2.31 bits per heavy atom. The maximum absolute atomic E-state index is 11.4. The first-order chi connectivity index (χ1) is 7.56. The van der Waals surface area contributed by atoms with Crippen LogP contribution in [0, 0.1) is 0 Å². The van der Waals surface area contributed by atoms with E-state index in [0.717, 1.165) is 23.4 Å². The van der Waals surface area contributed by atoms with Crippen molar-refractivity contribution in [2.75, 3.05) is 5.32 Å². The minimum atomic E-state index is -0.432. The quantitative estimate of drug-likeness (QED) is 0.789. The number of hydrogen-bond donors (Lipinski definition) is 2. The van der Waals surface area contributed by atoms with Crippen LogP contribution in [-0.2, 0) is 11.2 Å². The fourth-order valence-corrected chi connectivity index (χ4v) is 1.74. The number of ether oxygens (including phenoxy) is 1. The summed E-state index contributed by atoms with van der Waals surface area (Å²) in [4.78, 5) is 11.4. The average Bonchev–Trinajstić information content (AvgIpc) is 2.19. The molecule has 4 nitrogen and oxygen atoms in total. The predicted octanol–water partition coefficient (Wildman–Crippen LogP) is 1.30. The minimum absolute atomic E-state index is 0.104. The summed E-state index contributed by atoms with van der Waals surface area (Å²) in [7, 11) is 0. The summed E-state index contributed by atoms with van der Waals surface area (Å²) in [6.45, 7) is 3.70. The van der Waals surface area contributed by atoms with Crippen LogP contribution in [0.25, 0.3) is 0 Å². The van der Waals surface area contributed by atoms with Crippen LogP contribution in [0.15, 0.2) is 18.2 Å². The molecule has 1 aromatic rings. The van der Waals surface area contributed by atoms with Crippen molar-refractivity contribution in [1.82, 2.24) is 0 Å². The Morgan fingerprint density at radius 1 is 1.56 bits per heavy atom. The first-order valence-electron chi connectivity index (χ1n) is 5.42. The number of rotatable bonds is 2. The third kappa shape index (κ3) is 2.17. The number of nitrogens with one attached hydrogen (secondary N) is 1. The zero-order valence-corrected chi connectivity index (χ0v) is 9.49. The van der Waals surface area contributed by atoms with E-state index >= 15 is 0 Å². The van der Waals surface area contributed by atoms with E-state index in [2.05, 4.69) is 5.32 Å². The second-order valence-electron chi connectivity index (χ2n) is 4.26. The van der Waals surface area contributed by atoms with Crippen LogP contribution in [0.5, 0.6) is 5.75 Å². The van der Waals surface area contributed by atoms with Crippen molar-refractivity contribution in [3.05, 3.63) is 23.8 Å². The van der Waals surface area contributed by atoms with Gasteiger partial charge in [-0.15, -0.1) is 0 Å². The molecule has 1 aliphatic heterocycles. The van der Waals surface area contributed by atoms with Gasteiger partial charge in [-0.3, -0.25) is 4.79 Å². The number of carbonyl (C=O) groups excluding carboxylic acids is 1. The molecule has 1 aromatic carbocycles. The van der Waals surface area contributed by atoms with Crippen molar-refractivity contribution in [2.24, 2.45) is 5.73 Å². The normalized spacial score (nSPS) is 20.7. The Hall–Kier alpha value is -1.55. The van der Waals surface area contributed by atoms with Crippen LogP contribution in [0.4, 0.5) is 5.69 Å². The standard InChI is InChI=1S/C12H16N2O2/c1-7(13)5-9-3-4-10-11(6-9)16-8(2)12(15)14-10/h3-4,6-8H,5,13H2,1-2H3,(H,14,15). The van der Waals surface area contributed by atoms with Crippen LogP contribution >= 0.6 is 0 Å². The molecule has 0 fully saturated rings. The molecule has 3 N–H and O–H groups in total. The molecule has 2 unspecified atom stereocenters. The number of carbonyl (C=O) groups is 1. The molecule has 2 atom stereocenters. The fraction of sp³-hybridized carbons (Fsp3) is 0.417. The van der Waals surface area contributed by atoms with Crippen molar-refractivity contribution >= 4 is 11.6 Å². The lowest BCUT2D eigenvalue weighted by Gasteiger charge is -2.23. The van der Waals surface area contributed by atoms with Gasteiger partial charge < -0.3 is 15.8 Å². The summed E-state index contributed by atoms with van der Waals surface area (Å²) < 4.78 is 5.51. The number of amides is 1. The Labute approximate surface area is 94.8 Å². The van der Waals surface area contributed by atoms with E-state index in [9.17, 15) is 4.79 Å². The maximum Gasteiger partial charge on any atom is 0.265 e. The summed E-state index contributed by atoms with van der Waals surface area (Å²) >= 11 is 0. The molecule has 86 valence electrons. The van der Waals surface area contributed by atoms with E-state index in [1.54, 1.807) is 6.92 Å². The van der Waals surface area contributed by atoms with E-state index in [1.165, 1.54) is 0 Å². The molecule has 2 rings (SSSR count). The van der Waals surface area contributed by atoms with Crippen LogP contribution in [-0.4, -0.2) is 18.1 Å². The fourth-order valence-electron chi connectivity index (χ4n) is 1.74. The molecular formula is C12H16N2O2. The molecule has 16 heavy (non-hydrogen) atoms. The lowest BCUT2D eigenvalue weighted by Crippen LogP contribution is -2.34. The van der Waals surface area contributed by atoms with Gasteiger partial charge >= 0.3 is 0 Å². The average molecular weight is 220 g/mol. The molecule has 1 heterocycles. The van der Waals surface area contributed by atoms with Gasteiger partial charge in [-0.1, -0.05) is 6.07 Å². The van der Waals surface area contributed by atoms with Crippen LogP contribution in [0.1, 0.15) is 19.4 Å². The van der Waals surface area contributed by atoms with Gasteiger partial charge in [-0.25, -0.2) is 0 Å². The number of fused-ring (bicyclic) bond motifs is 1. The van der Waals surface area contributed by atoms with E-state index in [4.69, 9.17) is 10.5 Å². The first-order valence-corrected chi connectivity index (χ1v) is 5.42. The summed E-state index contributed by atoms with van der Waals surface area (Å²) in [5.74, 6) is 0.623. The van der Waals surface area contributed by atoms with E-state index in [0.29, 0.717) is 0 Å². The van der Waals surface area contributed by atoms with Crippen LogP contribution < -0.4 is 15.8 Å². The van der Waals surface area contributed by atoms with Crippen molar-refractivity contribution in [2.45, 2.75) is 32.4 Å². The molecule has 0 radical (unpaired) electrons. The van der Waals surface area contributed by atoms with E-state index in [1.807, 2.05) is 25.1 Å². The molecule has 0 saturated carbocycles. The highest BCUT2D eigenvalue weighted by Gasteiger charge is 2.23. The third-order valence-electron chi connectivity index (χ3n) is 2.53. The summed E-state index contributed by atoms with van der Waals surface area (Å²) in [6.07, 6.45) is 0.372. The van der Waals surface area contributed by atoms with Gasteiger partial charge in [-0.05, 0) is 38.0 Å². The van der Waals surface area contributed by atoms with Crippen molar-refractivity contribution in [1.29, 1.82) is 0 Å². The van der Waals surface area contributed by atoms with E-state index in [-0.39, 0.29) is 11.9 Å². The lowest BCUT2D eigenvalue weighted by atomic mass is 10.1. The number of anilines is 1. The maximum atomic E-state index is 11.4. The van der Waals surface area contributed by atoms with Crippen LogP contribution in [0.3, 0.4) is 0 Å². The van der Waals surface area contributed by atoms with Gasteiger partial charge in [0.15, 0.2) is 6.10 Å². The second-order valence-corrected chi connectivity index (χ2v) is 4.26. The molecule has 0 aromatic heterocycles. The SMILES string of the molecule is CC(N)Cc1ccc2c(c1)OC(C)C(=O)N2. The van der Waals surface area contributed by atoms with Gasteiger partial charge in [0.25, 0.3) is 5.91 Å². The minimum Gasteiger partial charge on any atom is -0.479 e. The summed E-state index contributed by atoms with van der Waals surface area (Å²) in [5, 5.41) is 2.79. The number of benzene rings is 1. The summed E-state index contributed by atoms with van der Waals surface area (Å²) in [6, 6.07) is 5.88. The van der Waals surface area contributed by atoms with Gasteiger partial charge in [-0.2, -0.15) is 0 Å². The monoisotopic (exact) mass is 220 g/mol. The molecule has 0 aliphatic carbocycles. The third-order valence-corrected chi connectivity index (χ3v) is 2.53. The predicted molar refractivity (Wildman–Crippen MR) is 62.5 cm³/mol. The zero-order valence-electron chi connectivity index (χ0n) is 9.49. The largest absolute Gasteiger partial charge is 0.479 e. The smallest absolute Gasteiger partial charge is 0.265 e. The molecular weight excluding hydrogens is 204 g/mol. The molecule has 0 spiro atoms. The Balaban J connectivity index is 2.25. The van der Waals surface area contributed by atoms with Crippen molar-refractivity contribution in [3.8, 4) is 5.75 Å². The number of hydrogen-bond acceptors (Lipinski definition) is 3. The molecule has 0 saturated heterocycles. The van der Waals surface area contributed by atoms with Gasteiger partial charge in [0, 0.05) is 6.04 Å². The van der Waals surface area contributed by atoms with Gasteiger partial charge in [0.05, 0.1) is 5.69 Å². The zero-order chi connectivity index (χ0) is 11.7. The Bertz CT molecular complexity index is 415. The van der Waals surface area contributed by atoms with Crippen molar-refractivity contribution in [3.63, 3.8) is 0 Å². The Morgan fingerprint density at radius 3 is 3.00 bits per heavy atom. The molecule has 4 heteroatoms. The second kappa shape index (κ2) is 4.14. The highest BCUT2D eigenvalue weighted by molar-refractivity contribution is 5.97. The van der Waals surface area contributed by atoms with Gasteiger partial charge in [0.1, 0.15) is 5.75 Å². The highest BCUT2D eigenvalue weighted by Crippen LogP contribution is 2.30. The topological polar surface area (TPSA) is 64.3 Å². The Kier molecular flexibility index (Phi) is 2.83. The highest BCUT2D eigenvalue weighted by atomic mass is 16.5. The number of nitrogens with two attached hydrogens (primary N) is 1. The van der Waals surface area contributed by atoms with Crippen LogP contribution in [0.2, 0.25) is 0 Å². The van der Waals surface area contributed by atoms with E-state index < -0.39 is 6.10 Å². The molecule has 1 amide bonds. The van der Waals surface area contributed by atoms with Crippen molar-refractivity contribution < 1.29 is 9.53 Å². The lowest BCUT2D eigenvalue weighted by molar-refractivity contribution is -0.122. The first kappa shape index (κ1) is 11.0. The summed E-state index contributed by atoms with van der Waals surface area (Å²) in [5.41, 5.74) is 7.59. The molecule has 0 bridgehead atoms. The molecule has 1 aliphatic rings. The van der Waals surface area contributed by atoms with Gasteiger partial charge in [0.2, 0.25) is 0 Å².